The normalized spacial score (nSPS) is 15.8. The number of halogens is 1. The van der Waals surface area contributed by atoms with Crippen LogP contribution in [0.3, 0.4) is 0 Å². The Morgan fingerprint density at radius 3 is 2.88 bits per heavy atom. The minimum atomic E-state index is -0.300. The fourth-order valence-corrected chi connectivity index (χ4v) is 1.94. The van der Waals surface area contributed by atoms with E-state index in [1.54, 1.807) is 24.4 Å². The average Bonchev–Trinajstić information content (AvgIpc) is 2.73. The first-order valence-corrected chi connectivity index (χ1v) is 5.73. The number of aromatic nitrogens is 1. The van der Waals surface area contributed by atoms with Gasteiger partial charge in [-0.05, 0) is 31.1 Å². The van der Waals surface area contributed by atoms with Crippen molar-refractivity contribution >= 4 is 0 Å². The Hall–Kier alpha value is -1.68. The number of rotatable bonds is 3. The summed E-state index contributed by atoms with van der Waals surface area (Å²) in [5, 5.41) is 3.21. The molecule has 0 radical (unpaired) electrons. The number of nitrogens with one attached hydrogen (secondary N) is 1. The zero-order valence-corrected chi connectivity index (χ0v) is 9.32. The molecule has 1 aromatic heterocycles. The van der Waals surface area contributed by atoms with Crippen LogP contribution in [0.25, 0.3) is 11.5 Å². The van der Waals surface area contributed by atoms with Gasteiger partial charge in [0.25, 0.3) is 0 Å². The minimum Gasteiger partial charge on any atom is -0.441 e. The molecule has 1 saturated heterocycles. The van der Waals surface area contributed by atoms with Gasteiger partial charge in [-0.25, -0.2) is 9.37 Å². The Morgan fingerprint density at radius 2 is 2.18 bits per heavy atom. The van der Waals surface area contributed by atoms with Gasteiger partial charge in [-0.3, -0.25) is 0 Å². The summed E-state index contributed by atoms with van der Waals surface area (Å²) >= 11 is 0. The predicted molar refractivity (Wildman–Crippen MR) is 62.0 cm³/mol. The average molecular weight is 232 g/mol. The van der Waals surface area contributed by atoms with Crippen LogP contribution in [0, 0.1) is 11.7 Å². The molecule has 1 aliphatic heterocycles. The molecular weight excluding hydrogens is 219 g/mol. The largest absolute Gasteiger partial charge is 0.441 e. The Balaban J connectivity index is 1.82. The third-order valence-electron chi connectivity index (χ3n) is 3.01. The van der Waals surface area contributed by atoms with E-state index in [2.05, 4.69) is 10.3 Å². The van der Waals surface area contributed by atoms with Crippen LogP contribution < -0.4 is 5.32 Å². The second-order valence-corrected chi connectivity index (χ2v) is 4.34. The minimum absolute atomic E-state index is 0.300. The molecule has 17 heavy (non-hydrogen) atoms. The van der Waals surface area contributed by atoms with Crippen molar-refractivity contribution < 1.29 is 8.81 Å². The van der Waals surface area contributed by atoms with Gasteiger partial charge in [0.15, 0.2) is 0 Å². The smallest absolute Gasteiger partial charge is 0.229 e. The van der Waals surface area contributed by atoms with Gasteiger partial charge >= 0.3 is 0 Å². The van der Waals surface area contributed by atoms with Crippen LogP contribution in [0.15, 0.2) is 34.9 Å². The van der Waals surface area contributed by atoms with E-state index < -0.39 is 0 Å². The highest BCUT2D eigenvalue weighted by Gasteiger charge is 2.19. The van der Waals surface area contributed by atoms with Gasteiger partial charge in [0, 0.05) is 6.42 Å². The highest BCUT2D eigenvalue weighted by Crippen LogP contribution is 2.23. The molecule has 2 heterocycles. The molecule has 2 aromatic rings. The van der Waals surface area contributed by atoms with Crippen LogP contribution >= 0.6 is 0 Å². The number of benzene rings is 1. The van der Waals surface area contributed by atoms with Crippen molar-refractivity contribution in [3.8, 4) is 11.5 Å². The van der Waals surface area contributed by atoms with Crippen LogP contribution in [0.2, 0.25) is 0 Å². The van der Waals surface area contributed by atoms with Crippen molar-refractivity contribution in [2.75, 3.05) is 13.1 Å². The molecule has 0 unspecified atom stereocenters. The van der Waals surface area contributed by atoms with Gasteiger partial charge in [-0.1, -0.05) is 12.1 Å². The van der Waals surface area contributed by atoms with E-state index in [-0.39, 0.29) is 5.82 Å². The van der Waals surface area contributed by atoms with Crippen molar-refractivity contribution in [1.29, 1.82) is 0 Å². The van der Waals surface area contributed by atoms with E-state index in [4.69, 9.17) is 4.42 Å². The molecular formula is C13H13FN2O. The lowest BCUT2D eigenvalue weighted by Crippen LogP contribution is -2.42. The molecule has 88 valence electrons. The molecule has 0 atom stereocenters. The zero-order chi connectivity index (χ0) is 11.7. The Kier molecular flexibility index (Phi) is 2.65. The predicted octanol–water partition coefficient (Wildman–Crippen LogP) is 2.24. The van der Waals surface area contributed by atoms with E-state index in [0.717, 1.165) is 25.3 Å². The number of nitrogens with zero attached hydrogens (tertiary/aromatic N) is 1. The molecule has 3 rings (SSSR count). The maximum atomic E-state index is 13.5. The summed E-state index contributed by atoms with van der Waals surface area (Å²) in [6.07, 6.45) is 2.56. The highest BCUT2D eigenvalue weighted by atomic mass is 19.1. The lowest BCUT2D eigenvalue weighted by molar-refractivity contribution is 0.324. The summed E-state index contributed by atoms with van der Waals surface area (Å²) in [7, 11) is 0. The lowest BCUT2D eigenvalue weighted by Gasteiger charge is -2.25. The molecule has 1 fully saturated rings. The fraction of sp³-hybridized carbons (Fsp3) is 0.308. The van der Waals surface area contributed by atoms with Crippen molar-refractivity contribution in [1.82, 2.24) is 10.3 Å². The number of hydrogen-bond donors (Lipinski definition) is 1. The molecule has 0 saturated carbocycles. The van der Waals surface area contributed by atoms with E-state index in [1.807, 2.05) is 0 Å². The van der Waals surface area contributed by atoms with Crippen LogP contribution in [0.4, 0.5) is 4.39 Å². The van der Waals surface area contributed by atoms with Gasteiger partial charge in [-0.2, -0.15) is 0 Å². The van der Waals surface area contributed by atoms with Crippen molar-refractivity contribution in [3.63, 3.8) is 0 Å². The van der Waals surface area contributed by atoms with Crippen LogP contribution in [0.5, 0.6) is 0 Å². The van der Waals surface area contributed by atoms with Gasteiger partial charge in [0.05, 0.1) is 11.8 Å². The maximum Gasteiger partial charge on any atom is 0.229 e. The maximum absolute atomic E-state index is 13.5. The van der Waals surface area contributed by atoms with Crippen molar-refractivity contribution in [3.05, 3.63) is 42.0 Å². The molecule has 0 aliphatic carbocycles. The van der Waals surface area contributed by atoms with Crippen molar-refractivity contribution in [2.45, 2.75) is 6.42 Å². The molecule has 0 spiro atoms. The molecule has 0 amide bonds. The van der Waals surface area contributed by atoms with E-state index in [9.17, 15) is 4.39 Å². The van der Waals surface area contributed by atoms with Gasteiger partial charge in [-0.15, -0.1) is 0 Å². The summed E-state index contributed by atoms with van der Waals surface area (Å²) in [5.41, 5.74) is 0.422. The summed E-state index contributed by atoms with van der Waals surface area (Å²) in [5.74, 6) is 1.52. The molecule has 3 nitrogen and oxygen atoms in total. The summed E-state index contributed by atoms with van der Waals surface area (Å²) in [6.45, 7) is 2.05. The Labute approximate surface area is 98.7 Å². The second kappa shape index (κ2) is 4.30. The first-order chi connectivity index (χ1) is 8.33. The monoisotopic (exact) mass is 232 g/mol. The van der Waals surface area contributed by atoms with Gasteiger partial charge in [0.2, 0.25) is 5.89 Å². The third kappa shape index (κ3) is 2.08. The molecule has 1 N–H and O–H groups in total. The number of oxazole rings is 1. The molecule has 4 heteroatoms. The zero-order valence-electron chi connectivity index (χ0n) is 9.32. The molecule has 0 bridgehead atoms. The first kappa shape index (κ1) is 10.5. The number of hydrogen-bond acceptors (Lipinski definition) is 3. The first-order valence-electron chi connectivity index (χ1n) is 5.73. The van der Waals surface area contributed by atoms with Crippen LogP contribution in [-0.4, -0.2) is 18.1 Å². The van der Waals surface area contributed by atoms with Gasteiger partial charge < -0.3 is 9.73 Å². The molecule has 1 aromatic carbocycles. The Morgan fingerprint density at radius 1 is 1.35 bits per heavy atom. The van der Waals surface area contributed by atoms with Crippen LogP contribution in [-0.2, 0) is 6.42 Å². The van der Waals surface area contributed by atoms with E-state index >= 15 is 0 Å². The van der Waals surface area contributed by atoms with Crippen LogP contribution in [0.1, 0.15) is 5.76 Å². The van der Waals surface area contributed by atoms with Gasteiger partial charge in [0.1, 0.15) is 11.6 Å². The fourth-order valence-electron chi connectivity index (χ4n) is 1.94. The summed E-state index contributed by atoms with van der Waals surface area (Å²) in [4.78, 5) is 4.13. The highest BCUT2D eigenvalue weighted by molar-refractivity contribution is 5.53. The second-order valence-electron chi connectivity index (χ2n) is 4.34. The SMILES string of the molecule is Fc1ccccc1-c1ncc(CC2CNC2)o1. The van der Waals surface area contributed by atoms with E-state index in [0.29, 0.717) is 17.4 Å². The standard InChI is InChI=1S/C13H13FN2O/c14-12-4-2-1-3-11(12)13-16-8-10(17-13)5-9-6-15-7-9/h1-4,8-9,15H,5-7H2. The van der Waals surface area contributed by atoms with E-state index in [1.165, 1.54) is 6.07 Å². The summed E-state index contributed by atoms with van der Waals surface area (Å²) < 4.78 is 19.1. The van der Waals surface area contributed by atoms with Crippen molar-refractivity contribution in [2.24, 2.45) is 5.92 Å². The summed E-state index contributed by atoms with van der Waals surface area (Å²) in [6, 6.07) is 6.52. The topological polar surface area (TPSA) is 38.1 Å². The lowest BCUT2D eigenvalue weighted by atomic mass is 9.98. The third-order valence-corrected chi connectivity index (χ3v) is 3.01. The molecule has 1 aliphatic rings. The Bertz CT molecular complexity index is 520. The quantitative estimate of drug-likeness (QED) is 0.882.